The molecule has 0 saturated heterocycles. The molecular weight excluding hydrogens is 701 g/mol. The lowest BCUT2D eigenvalue weighted by Gasteiger charge is -2.37. The number of hydrogen-bond acceptors (Lipinski definition) is 1. The van der Waals surface area contributed by atoms with Gasteiger partial charge in [0.15, 0.2) is 0 Å². The molecule has 2 heteroatoms. The van der Waals surface area contributed by atoms with E-state index in [1.807, 2.05) is 0 Å². The molecule has 0 fully saturated rings. The highest BCUT2D eigenvalue weighted by molar-refractivity contribution is 6.09. The molecule has 8 aromatic carbocycles. The first-order valence-corrected chi connectivity index (χ1v) is 20.6. The summed E-state index contributed by atoms with van der Waals surface area (Å²) in [6.45, 7) is 7.15. The molecule has 1 heterocycles. The maximum absolute atomic E-state index is 2.53. The normalized spacial score (nSPS) is 16.4. The van der Waals surface area contributed by atoms with E-state index in [1.165, 1.54) is 88.9 Å². The fraction of sp³-hybridized carbons (Fsp3) is 0.107. The molecule has 278 valence electrons. The first-order chi connectivity index (χ1) is 28.5. The van der Waals surface area contributed by atoms with E-state index in [1.54, 1.807) is 0 Å². The fourth-order valence-electron chi connectivity index (χ4n) is 10.2. The Morgan fingerprint density at radius 1 is 0.483 bits per heavy atom. The fourth-order valence-corrected chi connectivity index (χ4v) is 10.2. The molecule has 2 aliphatic rings. The van der Waals surface area contributed by atoms with E-state index in [9.17, 15) is 0 Å². The Morgan fingerprint density at radius 3 is 1.98 bits per heavy atom. The number of nitrogens with zero attached hydrogens (tertiary/aromatic N) is 2. The number of allylic oxidation sites excluding steroid dienone is 1. The SMILES string of the molecule is CC1C=C(N(c2cccc(-c3ccccc3)c2)c2ccc3c(c2)C(C)(C)c2ccccc2-3)c2ccccc2C1c1ccc2c(c1)c1ccccc1n2-c1ccccc1. The van der Waals surface area contributed by atoms with Gasteiger partial charge in [-0.3, -0.25) is 0 Å². The molecule has 0 N–H and O–H groups in total. The van der Waals surface area contributed by atoms with Crippen LogP contribution < -0.4 is 4.90 Å². The van der Waals surface area contributed by atoms with Crippen molar-refractivity contribution >= 4 is 38.9 Å². The molecule has 58 heavy (non-hydrogen) atoms. The van der Waals surface area contributed by atoms with Crippen molar-refractivity contribution < 1.29 is 0 Å². The number of hydrogen-bond donors (Lipinski definition) is 0. The van der Waals surface area contributed by atoms with Gasteiger partial charge < -0.3 is 9.47 Å². The van der Waals surface area contributed by atoms with Crippen LogP contribution in [0.2, 0.25) is 0 Å². The summed E-state index contributed by atoms with van der Waals surface area (Å²) in [4.78, 5) is 2.52. The maximum atomic E-state index is 2.53. The summed E-state index contributed by atoms with van der Waals surface area (Å²) < 4.78 is 2.41. The van der Waals surface area contributed by atoms with Gasteiger partial charge in [-0.1, -0.05) is 166 Å². The Bertz CT molecular complexity index is 3060. The first-order valence-electron chi connectivity index (χ1n) is 20.6. The van der Waals surface area contributed by atoms with Gasteiger partial charge >= 0.3 is 0 Å². The lowest BCUT2D eigenvalue weighted by molar-refractivity contribution is 0.615. The van der Waals surface area contributed by atoms with Gasteiger partial charge in [0, 0.05) is 50.4 Å². The monoisotopic (exact) mass is 744 g/mol. The van der Waals surface area contributed by atoms with Crippen molar-refractivity contribution in [2.45, 2.75) is 32.1 Å². The first kappa shape index (κ1) is 34.4. The van der Waals surface area contributed by atoms with Gasteiger partial charge in [-0.25, -0.2) is 0 Å². The lowest BCUT2D eigenvalue weighted by atomic mass is 9.74. The predicted octanol–water partition coefficient (Wildman–Crippen LogP) is 14.7. The third-order valence-electron chi connectivity index (χ3n) is 12.9. The second-order valence-electron chi connectivity index (χ2n) is 16.6. The van der Waals surface area contributed by atoms with Gasteiger partial charge in [0.2, 0.25) is 0 Å². The molecule has 0 radical (unpaired) electrons. The maximum Gasteiger partial charge on any atom is 0.0541 e. The van der Waals surface area contributed by atoms with Crippen LogP contribution in [0.3, 0.4) is 0 Å². The third kappa shape index (κ3) is 5.32. The molecule has 2 nitrogen and oxygen atoms in total. The van der Waals surface area contributed by atoms with Gasteiger partial charge in [-0.05, 0) is 105 Å². The van der Waals surface area contributed by atoms with E-state index in [2.05, 4.69) is 230 Å². The van der Waals surface area contributed by atoms with Crippen LogP contribution in [-0.2, 0) is 5.41 Å². The number of rotatable bonds is 6. The molecule has 0 saturated carbocycles. The Morgan fingerprint density at radius 2 is 1.14 bits per heavy atom. The summed E-state index contributed by atoms with van der Waals surface area (Å²) in [5.74, 6) is 0.411. The van der Waals surface area contributed by atoms with Crippen molar-refractivity contribution in [1.29, 1.82) is 0 Å². The average molecular weight is 745 g/mol. The average Bonchev–Trinajstić information content (AvgIpc) is 3.72. The van der Waals surface area contributed by atoms with Crippen LogP contribution in [0.4, 0.5) is 11.4 Å². The highest BCUT2D eigenvalue weighted by Crippen LogP contribution is 2.52. The molecule has 9 aromatic rings. The van der Waals surface area contributed by atoms with Gasteiger partial charge in [-0.15, -0.1) is 0 Å². The van der Waals surface area contributed by atoms with E-state index in [0.717, 1.165) is 5.69 Å². The zero-order chi connectivity index (χ0) is 39.0. The Kier molecular flexibility index (Phi) is 7.91. The quantitative estimate of drug-likeness (QED) is 0.165. The van der Waals surface area contributed by atoms with Crippen LogP contribution in [-0.4, -0.2) is 4.57 Å². The molecule has 2 unspecified atom stereocenters. The van der Waals surface area contributed by atoms with E-state index in [0.29, 0.717) is 0 Å². The minimum Gasteiger partial charge on any atom is -0.310 e. The Balaban J connectivity index is 1.08. The molecule has 1 aromatic heterocycles. The van der Waals surface area contributed by atoms with Crippen molar-refractivity contribution in [2.24, 2.45) is 5.92 Å². The number of para-hydroxylation sites is 2. The number of fused-ring (bicyclic) bond motifs is 7. The molecular formula is C56H44N2. The molecule has 0 aliphatic heterocycles. The van der Waals surface area contributed by atoms with Gasteiger partial charge in [0.25, 0.3) is 0 Å². The van der Waals surface area contributed by atoms with Crippen LogP contribution in [0.15, 0.2) is 200 Å². The second kappa shape index (κ2) is 13.4. The van der Waals surface area contributed by atoms with Gasteiger partial charge in [-0.2, -0.15) is 0 Å². The second-order valence-corrected chi connectivity index (χ2v) is 16.6. The Hall–Kier alpha value is -6.90. The van der Waals surface area contributed by atoms with Crippen LogP contribution in [0.25, 0.3) is 55.4 Å². The summed E-state index contributed by atoms with van der Waals surface area (Å²) in [6, 6.07) is 71.8. The molecule has 11 rings (SSSR count). The standard InChI is InChI=1S/C56H44N2/c1-37-33-54(46-24-10-11-26-48(46)55(37)40-29-32-53-49(35-40)47-25-13-15-28-52(47)58(53)41-20-8-5-9-21-41)57(42-22-16-19-39(34-42)38-17-6-4-7-18-38)43-30-31-45-44-23-12-14-27-50(44)56(2,3)51(45)36-43/h4-37,55H,1-3H3. The summed E-state index contributed by atoms with van der Waals surface area (Å²) >= 11 is 0. The zero-order valence-corrected chi connectivity index (χ0v) is 33.1. The number of anilines is 2. The van der Waals surface area contributed by atoms with Crippen LogP contribution in [0.5, 0.6) is 0 Å². The minimum absolute atomic E-state index is 0.112. The van der Waals surface area contributed by atoms with Crippen LogP contribution in [0.1, 0.15) is 54.5 Å². The largest absolute Gasteiger partial charge is 0.310 e. The smallest absolute Gasteiger partial charge is 0.0541 e. The molecule has 2 aliphatic carbocycles. The van der Waals surface area contributed by atoms with Crippen molar-refractivity contribution in [1.82, 2.24) is 4.57 Å². The highest BCUT2D eigenvalue weighted by Gasteiger charge is 2.37. The number of benzene rings is 8. The van der Waals surface area contributed by atoms with Crippen molar-refractivity contribution in [3.05, 3.63) is 228 Å². The molecule has 0 amide bonds. The van der Waals surface area contributed by atoms with E-state index in [-0.39, 0.29) is 17.3 Å². The molecule has 0 bridgehead atoms. The minimum atomic E-state index is -0.112. The van der Waals surface area contributed by atoms with E-state index >= 15 is 0 Å². The molecule has 0 spiro atoms. The van der Waals surface area contributed by atoms with E-state index < -0.39 is 0 Å². The van der Waals surface area contributed by atoms with E-state index in [4.69, 9.17) is 0 Å². The highest BCUT2D eigenvalue weighted by atomic mass is 15.2. The zero-order valence-electron chi connectivity index (χ0n) is 33.1. The van der Waals surface area contributed by atoms with Crippen molar-refractivity contribution in [2.75, 3.05) is 4.90 Å². The number of aromatic nitrogens is 1. The van der Waals surface area contributed by atoms with Gasteiger partial charge in [0.05, 0.1) is 11.0 Å². The summed E-state index contributed by atoms with van der Waals surface area (Å²) in [5, 5.41) is 2.57. The molecule has 2 atom stereocenters. The van der Waals surface area contributed by atoms with Crippen LogP contribution >= 0.6 is 0 Å². The topological polar surface area (TPSA) is 8.17 Å². The van der Waals surface area contributed by atoms with Crippen molar-refractivity contribution in [3.63, 3.8) is 0 Å². The lowest BCUT2D eigenvalue weighted by Crippen LogP contribution is -2.24. The summed E-state index contributed by atoms with van der Waals surface area (Å²) in [6.07, 6.45) is 2.53. The third-order valence-corrected chi connectivity index (χ3v) is 12.9. The summed E-state index contributed by atoms with van der Waals surface area (Å²) in [5.41, 5.74) is 18.9. The van der Waals surface area contributed by atoms with Crippen LogP contribution in [0, 0.1) is 5.92 Å². The Labute approximate surface area is 341 Å². The van der Waals surface area contributed by atoms with Gasteiger partial charge in [0.1, 0.15) is 0 Å². The van der Waals surface area contributed by atoms with Crippen molar-refractivity contribution in [3.8, 4) is 27.9 Å². The summed E-state index contributed by atoms with van der Waals surface area (Å²) in [7, 11) is 0. The predicted molar refractivity (Wildman–Crippen MR) is 244 cm³/mol.